The molecule has 0 saturated carbocycles. The van der Waals surface area contributed by atoms with Gasteiger partial charge in [-0.1, -0.05) is 5.16 Å². The van der Waals surface area contributed by atoms with Gasteiger partial charge in [-0.15, -0.1) is 0 Å². The Hall–Kier alpha value is -2.84. The highest BCUT2D eigenvalue weighted by atomic mass is 16.6. The second-order valence-electron chi connectivity index (χ2n) is 8.24. The van der Waals surface area contributed by atoms with E-state index in [9.17, 15) is 9.59 Å². The number of hydrogen-bond acceptors (Lipinski definition) is 6. The zero-order valence-electron chi connectivity index (χ0n) is 17.5. The van der Waals surface area contributed by atoms with Crippen molar-refractivity contribution in [3.63, 3.8) is 0 Å². The predicted octanol–water partition coefficient (Wildman–Crippen LogP) is 2.72. The van der Waals surface area contributed by atoms with E-state index in [0.29, 0.717) is 43.5 Å². The van der Waals surface area contributed by atoms with Gasteiger partial charge >= 0.3 is 6.09 Å². The molecule has 1 aliphatic heterocycles. The van der Waals surface area contributed by atoms with E-state index in [4.69, 9.17) is 9.26 Å². The molecule has 0 aliphatic carbocycles. The fraction of sp³-hybridized carbons (Fsp3) is 0.600. The fourth-order valence-electron chi connectivity index (χ4n) is 3.37. The van der Waals surface area contributed by atoms with Crippen LogP contribution >= 0.6 is 0 Å². The smallest absolute Gasteiger partial charge is 0.410 e. The van der Waals surface area contributed by atoms with Gasteiger partial charge in [0.15, 0.2) is 5.82 Å². The number of piperidine rings is 1. The average molecular weight is 403 g/mol. The summed E-state index contributed by atoms with van der Waals surface area (Å²) in [6.07, 6.45) is 3.68. The van der Waals surface area contributed by atoms with Crippen molar-refractivity contribution in [1.29, 1.82) is 0 Å². The molecular weight excluding hydrogens is 374 g/mol. The van der Waals surface area contributed by atoms with Crippen molar-refractivity contribution in [3.05, 3.63) is 35.7 Å². The molecule has 2 aromatic rings. The van der Waals surface area contributed by atoms with E-state index in [0.717, 1.165) is 12.8 Å². The summed E-state index contributed by atoms with van der Waals surface area (Å²) in [5, 5.41) is 6.64. The number of carbonyl (C=O) groups excluding carboxylic acids is 2. The van der Waals surface area contributed by atoms with Crippen molar-refractivity contribution in [2.45, 2.75) is 58.6 Å². The molecule has 1 aliphatic rings. The van der Waals surface area contributed by atoms with E-state index in [-0.39, 0.29) is 18.0 Å². The van der Waals surface area contributed by atoms with Crippen LogP contribution in [0.15, 0.2) is 22.9 Å². The van der Waals surface area contributed by atoms with Gasteiger partial charge in [0, 0.05) is 38.3 Å². The molecule has 0 unspecified atom stereocenters. The average Bonchev–Trinajstić information content (AvgIpc) is 3.29. The molecular formula is C20H29N5O4. The van der Waals surface area contributed by atoms with Crippen molar-refractivity contribution in [1.82, 2.24) is 24.9 Å². The van der Waals surface area contributed by atoms with Crippen molar-refractivity contribution in [2.75, 3.05) is 19.6 Å². The van der Waals surface area contributed by atoms with Crippen molar-refractivity contribution in [2.24, 2.45) is 0 Å². The molecule has 158 valence electrons. The first-order chi connectivity index (χ1) is 13.7. The zero-order valence-corrected chi connectivity index (χ0v) is 17.5. The maximum absolute atomic E-state index is 12.6. The number of nitrogens with one attached hydrogen (secondary N) is 1. The lowest BCUT2D eigenvalue weighted by atomic mass is 10.0. The van der Waals surface area contributed by atoms with Crippen LogP contribution in [-0.4, -0.2) is 56.8 Å². The van der Waals surface area contributed by atoms with Crippen LogP contribution < -0.4 is 5.32 Å². The van der Waals surface area contributed by atoms with Crippen molar-refractivity contribution >= 4 is 12.0 Å². The Bertz CT molecular complexity index is 843. The van der Waals surface area contributed by atoms with E-state index >= 15 is 0 Å². The van der Waals surface area contributed by atoms with Crippen LogP contribution in [0.3, 0.4) is 0 Å². The Kier molecular flexibility index (Phi) is 6.24. The number of amides is 2. The van der Waals surface area contributed by atoms with E-state index in [2.05, 4.69) is 15.5 Å². The molecule has 0 spiro atoms. The monoisotopic (exact) mass is 403 g/mol. The molecule has 0 bridgehead atoms. The summed E-state index contributed by atoms with van der Waals surface area (Å²) in [7, 11) is 0. The summed E-state index contributed by atoms with van der Waals surface area (Å²) in [4.78, 5) is 30.7. The molecule has 1 N–H and O–H groups in total. The highest BCUT2D eigenvalue weighted by molar-refractivity contribution is 5.92. The summed E-state index contributed by atoms with van der Waals surface area (Å²) < 4.78 is 12.5. The number of aromatic nitrogens is 3. The molecule has 29 heavy (non-hydrogen) atoms. The summed E-state index contributed by atoms with van der Waals surface area (Å²) in [6.45, 7) is 8.98. The highest BCUT2D eigenvalue weighted by Crippen LogP contribution is 2.25. The number of likely N-dealkylation sites (tertiary alicyclic amines) is 1. The Labute approximate surface area is 170 Å². The topological polar surface area (TPSA) is 102 Å². The number of aryl methyl sites for hydroxylation is 1. The first-order valence-electron chi connectivity index (χ1n) is 9.95. The number of hydrogen-bond donors (Lipinski definition) is 1. The molecule has 2 amide bonds. The van der Waals surface area contributed by atoms with Crippen LogP contribution in [0.25, 0.3) is 0 Å². The van der Waals surface area contributed by atoms with E-state index in [1.165, 1.54) is 0 Å². The van der Waals surface area contributed by atoms with Gasteiger partial charge in [-0.3, -0.25) is 4.79 Å². The third kappa shape index (κ3) is 5.58. The lowest BCUT2D eigenvalue weighted by Gasteiger charge is -2.34. The zero-order chi connectivity index (χ0) is 21.0. The van der Waals surface area contributed by atoms with Crippen LogP contribution in [0.2, 0.25) is 0 Å². The highest BCUT2D eigenvalue weighted by Gasteiger charge is 2.28. The van der Waals surface area contributed by atoms with Crippen molar-refractivity contribution in [3.8, 4) is 0 Å². The minimum absolute atomic E-state index is 0.138. The van der Waals surface area contributed by atoms with Crippen LogP contribution in [-0.2, 0) is 11.2 Å². The number of nitrogens with zero attached hydrogens (tertiary/aromatic N) is 4. The van der Waals surface area contributed by atoms with Gasteiger partial charge in [0.1, 0.15) is 11.3 Å². The van der Waals surface area contributed by atoms with Crippen LogP contribution in [0.4, 0.5) is 4.79 Å². The predicted molar refractivity (Wildman–Crippen MR) is 106 cm³/mol. The largest absolute Gasteiger partial charge is 0.444 e. The minimum Gasteiger partial charge on any atom is -0.444 e. The fourth-order valence-corrected chi connectivity index (χ4v) is 3.37. The van der Waals surface area contributed by atoms with E-state index in [1.807, 2.05) is 43.7 Å². The quantitative estimate of drug-likeness (QED) is 0.823. The maximum Gasteiger partial charge on any atom is 0.410 e. The van der Waals surface area contributed by atoms with Gasteiger partial charge in [0.2, 0.25) is 5.89 Å². The van der Waals surface area contributed by atoms with Gasteiger partial charge in [0.25, 0.3) is 5.91 Å². The van der Waals surface area contributed by atoms with Gasteiger partial charge < -0.3 is 24.0 Å². The van der Waals surface area contributed by atoms with Crippen molar-refractivity contribution < 1.29 is 18.8 Å². The molecule has 2 aromatic heterocycles. The lowest BCUT2D eigenvalue weighted by molar-refractivity contribution is 0.0187. The molecule has 0 aromatic carbocycles. The Balaban J connectivity index is 1.52. The Morgan fingerprint density at radius 1 is 1.31 bits per heavy atom. The first kappa shape index (κ1) is 20.9. The third-order valence-corrected chi connectivity index (χ3v) is 4.72. The van der Waals surface area contributed by atoms with E-state index < -0.39 is 5.60 Å². The molecule has 3 rings (SSSR count). The standard InChI is InChI=1S/C20H29N5O4/c1-14-22-17(29-23-14)7-10-21-18(26)16-6-5-11-25(16)15-8-12-24(13-9-15)19(27)28-20(2,3)4/h5-6,11,15H,7-10,12-13H2,1-4H3,(H,21,26). The van der Waals surface area contributed by atoms with Crippen LogP contribution in [0, 0.1) is 6.92 Å². The van der Waals surface area contributed by atoms with Gasteiger partial charge in [-0.05, 0) is 52.7 Å². The maximum atomic E-state index is 12.6. The first-order valence-corrected chi connectivity index (χ1v) is 9.95. The molecule has 1 fully saturated rings. The van der Waals surface area contributed by atoms with Gasteiger partial charge in [-0.25, -0.2) is 4.79 Å². The summed E-state index contributed by atoms with van der Waals surface area (Å²) in [5.41, 5.74) is 0.113. The van der Waals surface area contributed by atoms with Gasteiger partial charge in [0.05, 0.1) is 0 Å². The molecule has 9 nitrogen and oxygen atoms in total. The summed E-state index contributed by atoms with van der Waals surface area (Å²) in [6, 6.07) is 3.85. The van der Waals surface area contributed by atoms with E-state index in [1.54, 1.807) is 11.8 Å². The summed E-state index contributed by atoms with van der Waals surface area (Å²) in [5.74, 6) is 0.950. The molecule has 0 radical (unpaired) electrons. The number of carbonyl (C=O) groups is 2. The second kappa shape index (κ2) is 8.67. The summed E-state index contributed by atoms with van der Waals surface area (Å²) >= 11 is 0. The lowest BCUT2D eigenvalue weighted by Crippen LogP contribution is -2.42. The SMILES string of the molecule is Cc1noc(CCNC(=O)c2cccn2C2CCN(C(=O)OC(C)(C)C)CC2)n1. The third-order valence-electron chi connectivity index (χ3n) is 4.72. The number of rotatable bonds is 5. The Morgan fingerprint density at radius 3 is 2.66 bits per heavy atom. The molecule has 9 heteroatoms. The van der Waals surface area contributed by atoms with Gasteiger partial charge in [-0.2, -0.15) is 4.98 Å². The Morgan fingerprint density at radius 2 is 2.03 bits per heavy atom. The molecule has 1 saturated heterocycles. The molecule has 3 heterocycles. The normalized spacial score (nSPS) is 15.4. The number of ether oxygens (including phenoxy) is 1. The van der Waals surface area contributed by atoms with Crippen LogP contribution in [0.5, 0.6) is 0 Å². The molecule has 0 atom stereocenters. The van der Waals surface area contributed by atoms with Crippen LogP contribution in [0.1, 0.15) is 61.9 Å². The second-order valence-corrected chi connectivity index (χ2v) is 8.24. The minimum atomic E-state index is -0.500.